The van der Waals surface area contributed by atoms with Crippen molar-refractivity contribution in [1.29, 1.82) is 0 Å². The highest BCUT2D eigenvalue weighted by Crippen LogP contribution is 2.23. The van der Waals surface area contributed by atoms with Crippen molar-refractivity contribution < 1.29 is 0 Å². The molecule has 4 rings (SSSR count). The summed E-state index contributed by atoms with van der Waals surface area (Å²) in [6.45, 7) is 5.24. The van der Waals surface area contributed by atoms with E-state index in [2.05, 4.69) is 51.4 Å². The predicted octanol–water partition coefficient (Wildman–Crippen LogP) is 4.63. The molecular weight excluding hydrogens is 374 g/mol. The molecule has 1 saturated heterocycles. The second kappa shape index (κ2) is 9.61. The monoisotopic (exact) mass is 405 g/mol. The summed E-state index contributed by atoms with van der Waals surface area (Å²) in [5, 5.41) is 5.61. The molecule has 1 aromatic carbocycles. The minimum atomic E-state index is 0.722. The standard InChI is InChI=1S/C23H31N7/c1-3-4-12-29(2)23-26-21(15-22(27-23)30-13-8-5-9-14-30)28-25-17-18-16-24-20-11-7-6-10-19(18)20/h6-7,10-11,15-17,24H,3-5,8-9,12-14H2,1-2H3,(H,26,27,28)/b25-17+. The molecule has 0 aliphatic carbocycles. The number of aromatic nitrogens is 3. The van der Waals surface area contributed by atoms with E-state index < -0.39 is 0 Å². The highest BCUT2D eigenvalue weighted by molar-refractivity contribution is 5.99. The molecule has 0 atom stereocenters. The van der Waals surface area contributed by atoms with Crippen molar-refractivity contribution in [1.82, 2.24) is 15.0 Å². The zero-order chi connectivity index (χ0) is 20.8. The van der Waals surface area contributed by atoms with Gasteiger partial charge >= 0.3 is 0 Å². The fourth-order valence-electron chi connectivity index (χ4n) is 3.80. The van der Waals surface area contributed by atoms with Crippen LogP contribution in [0.25, 0.3) is 10.9 Å². The molecule has 158 valence electrons. The average molecular weight is 406 g/mol. The first-order valence-electron chi connectivity index (χ1n) is 10.9. The van der Waals surface area contributed by atoms with Crippen LogP contribution in [-0.2, 0) is 0 Å². The Morgan fingerprint density at radius 2 is 2.03 bits per heavy atom. The molecule has 1 aliphatic rings. The van der Waals surface area contributed by atoms with Gasteiger partial charge < -0.3 is 14.8 Å². The van der Waals surface area contributed by atoms with Gasteiger partial charge in [0.1, 0.15) is 5.82 Å². The number of hydrazone groups is 1. The second-order valence-electron chi connectivity index (χ2n) is 7.89. The molecule has 2 N–H and O–H groups in total. The van der Waals surface area contributed by atoms with Crippen LogP contribution in [0.4, 0.5) is 17.6 Å². The summed E-state index contributed by atoms with van der Waals surface area (Å²) in [4.78, 5) is 17.3. The Labute approximate surface area is 178 Å². The first-order chi connectivity index (χ1) is 14.7. The molecule has 7 nitrogen and oxygen atoms in total. The van der Waals surface area contributed by atoms with E-state index in [0.717, 1.165) is 66.5 Å². The predicted molar refractivity (Wildman–Crippen MR) is 126 cm³/mol. The van der Waals surface area contributed by atoms with E-state index in [9.17, 15) is 0 Å². The Bertz CT molecular complexity index is 988. The topological polar surface area (TPSA) is 72.4 Å². The van der Waals surface area contributed by atoms with E-state index in [-0.39, 0.29) is 0 Å². The van der Waals surface area contributed by atoms with Gasteiger partial charge in [-0.05, 0) is 31.7 Å². The molecule has 7 heteroatoms. The van der Waals surface area contributed by atoms with Crippen LogP contribution in [0.3, 0.4) is 0 Å². The lowest BCUT2D eigenvalue weighted by atomic mass is 10.1. The maximum absolute atomic E-state index is 4.85. The number of rotatable bonds is 8. The van der Waals surface area contributed by atoms with E-state index >= 15 is 0 Å². The van der Waals surface area contributed by atoms with Crippen molar-refractivity contribution in [2.24, 2.45) is 5.10 Å². The fourth-order valence-corrected chi connectivity index (χ4v) is 3.80. The lowest BCUT2D eigenvalue weighted by Gasteiger charge is -2.29. The van der Waals surface area contributed by atoms with Crippen molar-refractivity contribution in [3.63, 3.8) is 0 Å². The summed E-state index contributed by atoms with van der Waals surface area (Å²) in [5.74, 6) is 2.45. The number of fused-ring (bicyclic) bond motifs is 1. The molecule has 3 heterocycles. The number of anilines is 3. The highest BCUT2D eigenvalue weighted by atomic mass is 15.4. The molecule has 0 bridgehead atoms. The third-order valence-electron chi connectivity index (χ3n) is 5.57. The van der Waals surface area contributed by atoms with E-state index in [0.29, 0.717) is 0 Å². The summed E-state index contributed by atoms with van der Waals surface area (Å²) in [6.07, 6.45) is 9.80. The van der Waals surface area contributed by atoms with Crippen LogP contribution in [0, 0.1) is 0 Å². The molecule has 1 fully saturated rings. The average Bonchev–Trinajstić information content (AvgIpc) is 3.21. The number of nitrogens with zero attached hydrogens (tertiary/aromatic N) is 5. The van der Waals surface area contributed by atoms with E-state index in [1.165, 1.54) is 19.3 Å². The van der Waals surface area contributed by atoms with Gasteiger partial charge in [0.2, 0.25) is 5.95 Å². The quantitative estimate of drug-likeness (QED) is 0.422. The van der Waals surface area contributed by atoms with Gasteiger partial charge in [-0.1, -0.05) is 31.5 Å². The first-order valence-corrected chi connectivity index (χ1v) is 10.9. The van der Waals surface area contributed by atoms with Crippen molar-refractivity contribution in [3.8, 4) is 0 Å². The van der Waals surface area contributed by atoms with Crippen LogP contribution in [0.2, 0.25) is 0 Å². The summed E-state index contributed by atoms with van der Waals surface area (Å²) in [5.41, 5.74) is 5.28. The third-order valence-corrected chi connectivity index (χ3v) is 5.57. The molecule has 30 heavy (non-hydrogen) atoms. The normalized spacial score (nSPS) is 14.5. The van der Waals surface area contributed by atoms with Gasteiger partial charge in [-0.2, -0.15) is 15.1 Å². The summed E-state index contributed by atoms with van der Waals surface area (Å²) in [6, 6.07) is 10.2. The Balaban J connectivity index is 1.55. The van der Waals surface area contributed by atoms with Crippen LogP contribution in [-0.4, -0.2) is 47.8 Å². The Kier molecular flexibility index (Phi) is 6.47. The largest absolute Gasteiger partial charge is 0.361 e. The molecule has 0 saturated carbocycles. The van der Waals surface area contributed by atoms with Crippen LogP contribution in [0.1, 0.15) is 44.6 Å². The Morgan fingerprint density at radius 1 is 1.20 bits per heavy atom. The number of aromatic amines is 1. The summed E-state index contributed by atoms with van der Waals surface area (Å²) < 4.78 is 0. The van der Waals surface area contributed by atoms with Crippen LogP contribution >= 0.6 is 0 Å². The number of para-hydroxylation sites is 1. The lowest BCUT2D eigenvalue weighted by molar-refractivity contribution is 0.573. The Hall–Kier alpha value is -3.09. The number of piperidine rings is 1. The van der Waals surface area contributed by atoms with Gasteiger partial charge in [0.15, 0.2) is 5.82 Å². The SMILES string of the molecule is CCCCN(C)c1nc(N/N=C/c2c[nH]c3ccccc23)cc(N2CCCCC2)n1. The van der Waals surface area contributed by atoms with Crippen LogP contribution in [0.15, 0.2) is 41.6 Å². The number of nitrogens with one attached hydrogen (secondary N) is 2. The highest BCUT2D eigenvalue weighted by Gasteiger charge is 2.16. The van der Waals surface area contributed by atoms with E-state index in [4.69, 9.17) is 9.97 Å². The molecule has 3 aromatic rings. The zero-order valence-corrected chi connectivity index (χ0v) is 17.9. The molecule has 0 radical (unpaired) electrons. The smallest absolute Gasteiger partial charge is 0.229 e. The number of unbranched alkanes of at least 4 members (excludes halogenated alkanes) is 1. The number of hydrogen-bond donors (Lipinski definition) is 2. The molecule has 0 amide bonds. The maximum atomic E-state index is 4.85. The van der Waals surface area contributed by atoms with Gasteiger partial charge in [-0.15, -0.1) is 0 Å². The Morgan fingerprint density at radius 3 is 2.87 bits per heavy atom. The van der Waals surface area contributed by atoms with Gasteiger partial charge in [-0.3, -0.25) is 5.43 Å². The van der Waals surface area contributed by atoms with Crippen LogP contribution < -0.4 is 15.2 Å². The van der Waals surface area contributed by atoms with Gasteiger partial charge in [0, 0.05) is 55.4 Å². The zero-order valence-electron chi connectivity index (χ0n) is 17.9. The molecule has 0 spiro atoms. The van der Waals surface area contributed by atoms with Gasteiger partial charge in [0.05, 0.1) is 6.21 Å². The van der Waals surface area contributed by atoms with Crippen molar-refractivity contribution >= 4 is 34.7 Å². The van der Waals surface area contributed by atoms with Crippen molar-refractivity contribution in [2.45, 2.75) is 39.0 Å². The number of hydrogen-bond acceptors (Lipinski definition) is 6. The van der Waals surface area contributed by atoms with Gasteiger partial charge in [0.25, 0.3) is 0 Å². The number of H-pyrrole nitrogens is 1. The molecule has 2 aromatic heterocycles. The van der Waals surface area contributed by atoms with Gasteiger partial charge in [-0.25, -0.2) is 0 Å². The molecular formula is C23H31N7. The van der Waals surface area contributed by atoms with Crippen molar-refractivity contribution in [2.75, 3.05) is 41.9 Å². The first kappa shape index (κ1) is 20.2. The second-order valence-corrected chi connectivity index (χ2v) is 7.89. The fraction of sp³-hybridized carbons (Fsp3) is 0.435. The maximum Gasteiger partial charge on any atom is 0.229 e. The molecule has 0 unspecified atom stereocenters. The van der Waals surface area contributed by atoms with Crippen molar-refractivity contribution in [3.05, 3.63) is 42.1 Å². The summed E-state index contributed by atoms with van der Waals surface area (Å²) >= 11 is 0. The van der Waals surface area contributed by atoms with Crippen LogP contribution in [0.5, 0.6) is 0 Å². The lowest BCUT2D eigenvalue weighted by Crippen LogP contribution is -2.31. The minimum absolute atomic E-state index is 0.722. The third kappa shape index (κ3) is 4.72. The molecule has 1 aliphatic heterocycles. The van der Waals surface area contributed by atoms with E-state index in [1.54, 1.807) is 0 Å². The minimum Gasteiger partial charge on any atom is -0.361 e. The summed E-state index contributed by atoms with van der Waals surface area (Å²) in [7, 11) is 2.06. The van der Waals surface area contributed by atoms with E-state index in [1.807, 2.05) is 30.6 Å². The number of benzene rings is 1.